The number of rotatable bonds is 10. The molecule has 2 aromatic rings. The Morgan fingerprint density at radius 3 is 2.77 bits per heavy atom. The number of anilines is 1. The van der Waals surface area contributed by atoms with E-state index in [1.165, 1.54) is 11.3 Å². The van der Waals surface area contributed by atoms with E-state index >= 15 is 0 Å². The standard InChI is InChI=1S/C17H23N5O3S/c18-14(15(23)21-17-20-10-11-26-17)8-4-5-9-19-16(24)22-25-12-13-6-2-1-3-7-13/h1-3,6-7,10-11,14H,4-5,8-9,12,18H2,(H2,19,22,24)(H,20,21,23)/t14-/m0/s1. The highest BCUT2D eigenvalue weighted by Crippen LogP contribution is 2.11. The van der Waals surface area contributed by atoms with Crippen LogP contribution in [0.5, 0.6) is 0 Å². The summed E-state index contributed by atoms with van der Waals surface area (Å²) < 4.78 is 0. The summed E-state index contributed by atoms with van der Waals surface area (Å²) in [4.78, 5) is 32.5. The Labute approximate surface area is 156 Å². The van der Waals surface area contributed by atoms with Crippen molar-refractivity contribution < 1.29 is 14.4 Å². The Hall–Kier alpha value is -2.49. The first kappa shape index (κ1) is 19.8. The number of hydroxylamine groups is 1. The van der Waals surface area contributed by atoms with Crippen molar-refractivity contribution >= 4 is 28.4 Å². The van der Waals surface area contributed by atoms with Crippen molar-refractivity contribution in [3.8, 4) is 0 Å². The van der Waals surface area contributed by atoms with Gasteiger partial charge in [-0.15, -0.1) is 11.3 Å². The monoisotopic (exact) mass is 377 g/mol. The maximum atomic E-state index is 11.9. The zero-order valence-corrected chi connectivity index (χ0v) is 15.1. The van der Waals surface area contributed by atoms with Crippen molar-refractivity contribution in [2.75, 3.05) is 11.9 Å². The van der Waals surface area contributed by atoms with Crippen LogP contribution in [0.25, 0.3) is 0 Å². The van der Waals surface area contributed by atoms with Gasteiger partial charge in [-0.2, -0.15) is 0 Å². The van der Waals surface area contributed by atoms with E-state index in [4.69, 9.17) is 10.6 Å². The third-order valence-electron chi connectivity index (χ3n) is 3.47. The Morgan fingerprint density at radius 1 is 1.23 bits per heavy atom. The number of nitrogens with one attached hydrogen (secondary N) is 3. The van der Waals surface area contributed by atoms with E-state index in [-0.39, 0.29) is 5.91 Å². The van der Waals surface area contributed by atoms with Crippen LogP contribution < -0.4 is 21.8 Å². The predicted molar refractivity (Wildman–Crippen MR) is 100 cm³/mol. The number of benzene rings is 1. The quantitative estimate of drug-likeness (QED) is 0.373. The van der Waals surface area contributed by atoms with Gasteiger partial charge in [0.05, 0.1) is 12.6 Å². The SMILES string of the molecule is N[C@@H](CCCCNC(=O)NOCc1ccccc1)C(=O)Nc1nccs1. The first-order valence-corrected chi connectivity index (χ1v) is 9.18. The highest BCUT2D eigenvalue weighted by Gasteiger charge is 2.14. The van der Waals surface area contributed by atoms with Crippen LogP contribution in [0.1, 0.15) is 24.8 Å². The van der Waals surface area contributed by atoms with E-state index in [9.17, 15) is 9.59 Å². The first-order chi connectivity index (χ1) is 12.6. The van der Waals surface area contributed by atoms with Crippen molar-refractivity contribution in [3.05, 3.63) is 47.5 Å². The van der Waals surface area contributed by atoms with Crippen LogP contribution in [0.4, 0.5) is 9.93 Å². The van der Waals surface area contributed by atoms with Gasteiger partial charge in [0.2, 0.25) is 5.91 Å². The zero-order chi connectivity index (χ0) is 18.6. The molecular weight excluding hydrogens is 354 g/mol. The maximum Gasteiger partial charge on any atom is 0.338 e. The van der Waals surface area contributed by atoms with E-state index in [0.29, 0.717) is 31.1 Å². The highest BCUT2D eigenvalue weighted by molar-refractivity contribution is 7.13. The molecule has 2 rings (SSSR count). The fourth-order valence-electron chi connectivity index (χ4n) is 2.10. The number of hydrogen-bond acceptors (Lipinski definition) is 6. The highest BCUT2D eigenvalue weighted by atomic mass is 32.1. The number of nitrogens with two attached hydrogens (primary N) is 1. The largest absolute Gasteiger partial charge is 0.338 e. The van der Waals surface area contributed by atoms with Crippen LogP contribution in [-0.4, -0.2) is 29.5 Å². The van der Waals surface area contributed by atoms with Crippen molar-refractivity contribution in [1.82, 2.24) is 15.8 Å². The predicted octanol–water partition coefficient (Wildman–Crippen LogP) is 2.01. The molecule has 0 fully saturated rings. The molecule has 0 aliphatic heterocycles. The molecule has 0 unspecified atom stereocenters. The molecule has 9 heteroatoms. The summed E-state index contributed by atoms with van der Waals surface area (Å²) >= 11 is 1.34. The number of aromatic nitrogens is 1. The van der Waals surface area contributed by atoms with Crippen LogP contribution >= 0.6 is 11.3 Å². The number of unbranched alkanes of at least 4 members (excludes halogenated alkanes) is 1. The average Bonchev–Trinajstić information content (AvgIpc) is 3.15. The topological polar surface area (TPSA) is 118 Å². The van der Waals surface area contributed by atoms with Crippen molar-refractivity contribution in [3.63, 3.8) is 0 Å². The molecule has 8 nitrogen and oxygen atoms in total. The molecule has 1 heterocycles. The molecule has 140 valence electrons. The third kappa shape index (κ3) is 7.60. The van der Waals surface area contributed by atoms with Gasteiger partial charge in [-0.1, -0.05) is 30.3 Å². The minimum atomic E-state index is -0.595. The Balaban J connectivity index is 1.49. The number of carbonyl (C=O) groups excluding carboxylic acids is 2. The molecule has 1 atom stereocenters. The third-order valence-corrected chi connectivity index (χ3v) is 4.16. The second-order valence-corrected chi connectivity index (χ2v) is 6.46. The molecule has 0 saturated heterocycles. The van der Waals surface area contributed by atoms with E-state index in [1.807, 2.05) is 30.3 Å². The molecule has 0 aliphatic carbocycles. The lowest BCUT2D eigenvalue weighted by molar-refractivity contribution is -0.117. The summed E-state index contributed by atoms with van der Waals surface area (Å²) in [7, 11) is 0. The number of hydrogen-bond donors (Lipinski definition) is 4. The molecule has 3 amide bonds. The van der Waals surface area contributed by atoms with Crippen molar-refractivity contribution in [2.45, 2.75) is 31.9 Å². The summed E-state index contributed by atoms with van der Waals surface area (Å²) in [6.07, 6.45) is 3.58. The molecule has 0 bridgehead atoms. The lowest BCUT2D eigenvalue weighted by atomic mass is 10.1. The van der Waals surface area contributed by atoms with Gasteiger partial charge in [-0.3, -0.25) is 9.63 Å². The Kier molecular flexibility index (Phi) is 8.53. The van der Waals surface area contributed by atoms with Crippen LogP contribution in [0.2, 0.25) is 0 Å². The van der Waals surface area contributed by atoms with Crippen molar-refractivity contribution in [2.24, 2.45) is 5.73 Å². The molecule has 26 heavy (non-hydrogen) atoms. The van der Waals surface area contributed by atoms with E-state index in [0.717, 1.165) is 12.0 Å². The Morgan fingerprint density at radius 2 is 2.04 bits per heavy atom. The second kappa shape index (κ2) is 11.2. The normalized spacial score (nSPS) is 11.6. The summed E-state index contributed by atoms with van der Waals surface area (Å²) in [5.74, 6) is -0.250. The molecule has 0 aliphatic rings. The Bertz CT molecular complexity index is 666. The molecule has 1 aromatic carbocycles. The van der Waals surface area contributed by atoms with Crippen LogP contribution in [0, 0.1) is 0 Å². The summed E-state index contributed by atoms with van der Waals surface area (Å²) in [5.41, 5.74) is 9.14. The molecule has 0 saturated carbocycles. The molecule has 0 radical (unpaired) electrons. The summed E-state index contributed by atoms with van der Waals surface area (Å²) in [6, 6.07) is 8.55. The average molecular weight is 377 g/mol. The molecule has 0 spiro atoms. The fraction of sp³-hybridized carbons (Fsp3) is 0.353. The lowest BCUT2D eigenvalue weighted by Crippen LogP contribution is -2.37. The minimum Gasteiger partial charge on any atom is -0.336 e. The number of nitrogens with zero attached hydrogens (tertiary/aromatic N) is 1. The molecule has 1 aromatic heterocycles. The summed E-state index contributed by atoms with van der Waals surface area (Å²) in [5, 5.41) is 7.67. The smallest absolute Gasteiger partial charge is 0.336 e. The maximum absolute atomic E-state index is 11.9. The number of amides is 3. The van der Waals surface area contributed by atoms with Crippen LogP contribution in [-0.2, 0) is 16.2 Å². The van der Waals surface area contributed by atoms with Gasteiger partial charge in [0, 0.05) is 18.1 Å². The molecule has 5 N–H and O–H groups in total. The lowest BCUT2D eigenvalue weighted by Gasteiger charge is -2.11. The van der Waals surface area contributed by atoms with Gasteiger partial charge in [-0.25, -0.2) is 15.3 Å². The zero-order valence-electron chi connectivity index (χ0n) is 14.3. The summed E-state index contributed by atoms with van der Waals surface area (Å²) in [6.45, 7) is 0.776. The van der Waals surface area contributed by atoms with Crippen molar-refractivity contribution in [1.29, 1.82) is 0 Å². The van der Waals surface area contributed by atoms with E-state index in [2.05, 4.69) is 21.1 Å². The van der Waals surface area contributed by atoms with Crippen LogP contribution in [0.15, 0.2) is 41.9 Å². The number of carbonyl (C=O) groups is 2. The second-order valence-electron chi connectivity index (χ2n) is 5.56. The van der Waals surface area contributed by atoms with E-state index in [1.54, 1.807) is 11.6 Å². The van der Waals surface area contributed by atoms with Crippen LogP contribution in [0.3, 0.4) is 0 Å². The number of thiazole rings is 1. The van der Waals surface area contributed by atoms with Gasteiger partial charge in [0.25, 0.3) is 0 Å². The van der Waals surface area contributed by atoms with Gasteiger partial charge in [0.1, 0.15) is 0 Å². The first-order valence-electron chi connectivity index (χ1n) is 8.30. The molecular formula is C17H23N5O3S. The van der Waals surface area contributed by atoms with E-state index < -0.39 is 12.1 Å². The van der Waals surface area contributed by atoms with Gasteiger partial charge < -0.3 is 16.4 Å². The van der Waals surface area contributed by atoms with Gasteiger partial charge in [0.15, 0.2) is 5.13 Å². The number of urea groups is 1. The van der Waals surface area contributed by atoms with Gasteiger partial charge >= 0.3 is 6.03 Å². The minimum absolute atomic E-state index is 0.250. The van der Waals surface area contributed by atoms with Gasteiger partial charge in [-0.05, 0) is 24.8 Å². The fourth-order valence-corrected chi connectivity index (χ4v) is 2.63.